The summed E-state index contributed by atoms with van der Waals surface area (Å²) in [6.07, 6.45) is 8.10. The molecule has 0 saturated heterocycles. The molecule has 0 bridgehead atoms. The molecule has 17 heavy (non-hydrogen) atoms. The second-order valence-electron chi connectivity index (χ2n) is 7.00. The molecule has 1 aliphatic carbocycles. The summed E-state index contributed by atoms with van der Waals surface area (Å²) in [5.41, 5.74) is 7.01. The zero-order chi connectivity index (χ0) is 12.9. The SMILES string of the molecule is CCC1(CNCCC(N)C(C)(C)C)CCCC1. The van der Waals surface area contributed by atoms with Crippen LogP contribution >= 0.6 is 0 Å². The zero-order valence-corrected chi connectivity index (χ0v) is 12.3. The Labute approximate surface area is 108 Å². The standard InChI is InChI=1S/C15H32N2/c1-5-15(9-6-7-10-15)12-17-11-8-13(16)14(2,3)4/h13,17H,5-12,16H2,1-4H3. The first-order chi connectivity index (χ1) is 7.90. The van der Waals surface area contributed by atoms with Crippen LogP contribution in [0.25, 0.3) is 0 Å². The highest BCUT2D eigenvalue weighted by molar-refractivity contribution is 4.86. The number of hydrogen-bond acceptors (Lipinski definition) is 2. The molecule has 1 saturated carbocycles. The Morgan fingerprint density at radius 1 is 1.24 bits per heavy atom. The predicted octanol–water partition coefficient (Wildman–Crippen LogP) is 3.31. The molecule has 0 heterocycles. The van der Waals surface area contributed by atoms with Gasteiger partial charge in [0.1, 0.15) is 0 Å². The van der Waals surface area contributed by atoms with E-state index in [4.69, 9.17) is 5.73 Å². The molecule has 2 nitrogen and oxygen atoms in total. The van der Waals surface area contributed by atoms with Gasteiger partial charge in [0.15, 0.2) is 0 Å². The van der Waals surface area contributed by atoms with Crippen molar-refractivity contribution in [3.05, 3.63) is 0 Å². The fourth-order valence-corrected chi connectivity index (χ4v) is 2.82. The van der Waals surface area contributed by atoms with Crippen LogP contribution in [0.2, 0.25) is 0 Å². The third-order valence-electron chi connectivity index (χ3n) is 4.66. The summed E-state index contributed by atoms with van der Waals surface area (Å²) in [5.74, 6) is 0. The van der Waals surface area contributed by atoms with Crippen LogP contribution in [0, 0.1) is 10.8 Å². The molecule has 2 heteroatoms. The van der Waals surface area contributed by atoms with Crippen LogP contribution in [-0.4, -0.2) is 19.1 Å². The van der Waals surface area contributed by atoms with Crippen LogP contribution in [0.5, 0.6) is 0 Å². The van der Waals surface area contributed by atoms with E-state index in [1.807, 2.05) is 0 Å². The van der Waals surface area contributed by atoms with Crippen molar-refractivity contribution in [1.29, 1.82) is 0 Å². The molecule has 1 rings (SSSR count). The van der Waals surface area contributed by atoms with Crippen LogP contribution in [0.15, 0.2) is 0 Å². The van der Waals surface area contributed by atoms with Gasteiger partial charge in [0.2, 0.25) is 0 Å². The van der Waals surface area contributed by atoms with Crippen molar-refractivity contribution in [2.24, 2.45) is 16.6 Å². The minimum atomic E-state index is 0.234. The molecule has 0 aromatic carbocycles. The van der Waals surface area contributed by atoms with Crippen molar-refractivity contribution < 1.29 is 0 Å². The fraction of sp³-hybridized carbons (Fsp3) is 1.00. The van der Waals surface area contributed by atoms with Gasteiger partial charge in [-0.05, 0) is 43.1 Å². The van der Waals surface area contributed by atoms with E-state index in [2.05, 4.69) is 33.0 Å². The van der Waals surface area contributed by atoms with Gasteiger partial charge in [-0.15, -0.1) is 0 Å². The Morgan fingerprint density at radius 3 is 2.29 bits per heavy atom. The third kappa shape index (κ3) is 4.59. The van der Waals surface area contributed by atoms with Crippen LogP contribution < -0.4 is 11.1 Å². The van der Waals surface area contributed by atoms with Crippen LogP contribution in [0.3, 0.4) is 0 Å². The minimum Gasteiger partial charge on any atom is -0.327 e. The Morgan fingerprint density at radius 2 is 1.82 bits per heavy atom. The highest BCUT2D eigenvalue weighted by Gasteiger charge is 2.31. The number of rotatable bonds is 6. The van der Waals surface area contributed by atoms with Crippen molar-refractivity contribution in [2.75, 3.05) is 13.1 Å². The molecule has 102 valence electrons. The van der Waals surface area contributed by atoms with Gasteiger partial charge in [-0.25, -0.2) is 0 Å². The van der Waals surface area contributed by atoms with Gasteiger partial charge in [-0.1, -0.05) is 40.5 Å². The van der Waals surface area contributed by atoms with Crippen molar-refractivity contribution in [1.82, 2.24) is 5.32 Å². The van der Waals surface area contributed by atoms with Gasteiger partial charge < -0.3 is 11.1 Å². The number of nitrogens with two attached hydrogens (primary N) is 1. The van der Waals surface area contributed by atoms with Gasteiger partial charge in [0.25, 0.3) is 0 Å². The molecule has 0 aromatic rings. The van der Waals surface area contributed by atoms with E-state index in [1.54, 1.807) is 0 Å². The van der Waals surface area contributed by atoms with Crippen molar-refractivity contribution >= 4 is 0 Å². The highest BCUT2D eigenvalue weighted by atomic mass is 14.9. The summed E-state index contributed by atoms with van der Waals surface area (Å²) in [6, 6.07) is 0.302. The van der Waals surface area contributed by atoms with E-state index in [9.17, 15) is 0 Å². The molecule has 0 aliphatic heterocycles. The number of nitrogens with one attached hydrogen (secondary N) is 1. The van der Waals surface area contributed by atoms with Gasteiger partial charge in [0, 0.05) is 12.6 Å². The molecule has 1 unspecified atom stereocenters. The lowest BCUT2D eigenvalue weighted by Gasteiger charge is -2.30. The average Bonchev–Trinajstić information content (AvgIpc) is 2.72. The van der Waals surface area contributed by atoms with E-state index >= 15 is 0 Å². The molecule has 0 spiro atoms. The van der Waals surface area contributed by atoms with Gasteiger partial charge in [-0.3, -0.25) is 0 Å². The third-order valence-corrected chi connectivity index (χ3v) is 4.66. The molecule has 0 aromatic heterocycles. The van der Waals surface area contributed by atoms with Crippen LogP contribution in [-0.2, 0) is 0 Å². The van der Waals surface area contributed by atoms with Gasteiger partial charge in [-0.2, -0.15) is 0 Å². The first-order valence-corrected chi connectivity index (χ1v) is 7.36. The van der Waals surface area contributed by atoms with Crippen molar-refractivity contribution in [3.63, 3.8) is 0 Å². The van der Waals surface area contributed by atoms with Crippen molar-refractivity contribution in [3.8, 4) is 0 Å². The van der Waals surface area contributed by atoms with Crippen molar-refractivity contribution in [2.45, 2.75) is 72.3 Å². The lowest BCUT2D eigenvalue weighted by molar-refractivity contribution is 0.257. The monoisotopic (exact) mass is 240 g/mol. The zero-order valence-electron chi connectivity index (χ0n) is 12.3. The molecule has 3 N–H and O–H groups in total. The summed E-state index contributed by atoms with van der Waals surface area (Å²) in [7, 11) is 0. The Balaban J connectivity index is 2.19. The average molecular weight is 240 g/mol. The Kier molecular flexibility index (Phi) is 5.46. The molecular formula is C15H32N2. The summed E-state index contributed by atoms with van der Waals surface area (Å²) in [4.78, 5) is 0. The first kappa shape index (κ1) is 15.0. The maximum Gasteiger partial charge on any atom is 0.00997 e. The molecule has 0 radical (unpaired) electrons. The maximum atomic E-state index is 6.17. The largest absolute Gasteiger partial charge is 0.327 e. The Bertz CT molecular complexity index is 211. The minimum absolute atomic E-state index is 0.234. The van der Waals surface area contributed by atoms with Gasteiger partial charge in [0.05, 0.1) is 0 Å². The first-order valence-electron chi connectivity index (χ1n) is 7.36. The second-order valence-corrected chi connectivity index (χ2v) is 7.00. The summed E-state index contributed by atoms with van der Waals surface area (Å²) in [5, 5.41) is 3.64. The summed E-state index contributed by atoms with van der Waals surface area (Å²) >= 11 is 0. The quantitative estimate of drug-likeness (QED) is 0.699. The molecular weight excluding hydrogens is 208 g/mol. The second kappa shape index (κ2) is 6.19. The molecule has 1 aliphatic rings. The normalized spacial score (nSPS) is 21.7. The predicted molar refractivity (Wildman–Crippen MR) is 76.1 cm³/mol. The molecule has 0 amide bonds. The lowest BCUT2D eigenvalue weighted by atomic mass is 9.83. The smallest absolute Gasteiger partial charge is 0.00997 e. The van der Waals surface area contributed by atoms with Gasteiger partial charge >= 0.3 is 0 Å². The highest BCUT2D eigenvalue weighted by Crippen LogP contribution is 2.40. The van der Waals surface area contributed by atoms with E-state index in [1.165, 1.54) is 38.6 Å². The summed E-state index contributed by atoms with van der Waals surface area (Å²) in [6.45, 7) is 11.3. The maximum absolute atomic E-state index is 6.17. The van der Waals surface area contributed by atoms with E-state index in [-0.39, 0.29) is 5.41 Å². The van der Waals surface area contributed by atoms with Crippen LogP contribution in [0.4, 0.5) is 0 Å². The van der Waals surface area contributed by atoms with E-state index in [0.29, 0.717) is 11.5 Å². The lowest BCUT2D eigenvalue weighted by Crippen LogP contribution is -2.39. The topological polar surface area (TPSA) is 38.0 Å². The van der Waals surface area contributed by atoms with E-state index in [0.717, 1.165) is 13.0 Å². The number of hydrogen-bond donors (Lipinski definition) is 2. The molecule has 1 fully saturated rings. The Hall–Kier alpha value is -0.0800. The van der Waals surface area contributed by atoms with Crippen LogP contribution in [0.1, 0.15) is 66.2 Å². The van der Waals surface area contributed by atoms with E-state index < -0.39 is 0 Å². The molecule has 1 atom stereocenters. The fourth-order valence-electron chi connectivity index (χ4n) is 2.82. The summed E-state index contributed by atoms with van der Waals surface area (Å²) < 4.78 is 0.